The number of aromatic nitrogens is 3. The Kier molecular flexibility index (Phi) is 8.42. The molecular formula is C21H20Cl3N5O2S. The van der Waals surface area contributed by atoms with Crippen LogP contribution in [-0.4, -0.2) is 32.3 Å². The molecule has 7 nitrogen and oxygen atoms in total. The van der Waals surface area contributed by atoms with Crippen molar-refractivity contribution in [3.8, 4) is 0 Å². The molecule has 0 aliphatic heterocycles. The third-order valence-corrected chi connectivity index (χ3v) is 6.36. The van der Waals surface area contributed by atoms with Crippen LogP contribution in [0.25, 0.3) is 0 Å². The lowest BCUT2D eigenvalue weighted by molar-refractivity contribution is -0.113. The quantitative estimate of drug-likeness (QED) is 0.390. The van der Waals surface area contributed by atoms with Gasteiger partial charge in [0.15, 0.2) is 11.0 Å². The predicted octanol–water partition coefficient (Wildman–Crippen LogP) is 5.48. The minimum atomic E-state index is -0.418. The Morgan fingerprint density at radius 3 is 2.56 bits per heavy atom. The molecule has 3 aromatic rings. The van der Waals surface area contributed by atoms with Gasteiger partial charge in [-0.25, -0.2) is 0 Å². The fourth-order valence-corrected chi connectivity index (χ4v) is 4.20. The second-order valence-corrected chi connectivity index (χ2v) is 8.95. The molecule has 2 N–H and O–H groups in total. The summed E-state index contributed by atoms with van der Waals surface area (Å²) in [6.45, 7) is 4.33. The Labute approximate surface area is 204 Å². The van der Waals surface area contributed by atoms with Crippen molar-refractivity contribution in [2.24, 2.45) is 0 Å². The number of hydrogen-bond donors (Lipinski definition) is 2. The van der Waals surface area contributed by atoms with E-state index in [1.165, 1.54) is 17.8 Å². The number of nitrogens with zero attached hydrogens (tertiary/aromatic N) is 3. The maximum Gasteiger partial charge on any atom is 0.251 e. The van der Waals surface area contributed by atoms with E-state index in [-0.39, 0.29) is 17.6 Å². The monoisotopic (exact) mass is 511 g/mol. The van der Waals surface area contributed by atoms with Crippen LogP contribution in [0, 0.1) is 0 Å². The standard InChI is InChI=1S/C21H20Cl3N5O2S/c1-3-29-19(12(2)25-20(31)13-7-8-16(23)17(24)9-13)27-28-21(29)32-11-18(30)26-15-6-4-5-14(22)10-15/h4-10,12H,3,11H2,1-2H3,(H,25,31)(H,26,30)/t12-/m0/s1. The van der Waals surface area contributed by atoms with Crippen LogP contribution in [0.5, 0.6) is 0 Å². The van der Waals surface area contributed by atoms with Gasteiger partial charge in [-0.1, -0.05) is 52.6 Å². The van der Waals surface area contributed by atoms with Crippen LogP contribution in [0.3, 0.4) is 0 Å². The molecule has 0 fully saturated rings. The van der Waals surface area contributed by atoms with Crippen molar-refractivity contribution in [3.63, 3.8) is 0 Å². The molecule has 0 bridgehead atoms. The second kappa shape index (κ2) is 11.0. The number of hydrogen-bond acceptors (Lipinski definition) is 5. The first-order chi connectivity index (χ1) is 15.3. The van der Waals surface area contributed by atoms with Crippen molar-refractivity contribution in [3.05, 3.63) is 68.9 Å². The lowest BCUT2D eigenvalue weighted by atomic mass is 10.2. The number of thioether (sulfide) groups is 1. The Bertz CT molecular complexity index is 1140. The molecule has 1 atom stereocenters. The molecule has 1 heterocycles. The number of halogens is 3. The van der Waals surface area contributed by atoms with Gasteiger partial charge in [0.2, 0.25) is 5.91 Å². The summed E-state index contributed by atoms with van der Waals surface area (Å²) in [5, 5.41) is 15.9. The molecule has 3 rings (SSSR count). The summed E-state index contributed by atoms with van der Waals surface area (Å²) in [6, 6.07) is 11.2. The van der Waals surface area contributed by atoms with Gasteiger partial charge in [0.05, 0.1) is 21.8 Å². The van der Waals surface area contributed by atoms with Crippen molar-refractivity contribution in [1.29, 1.82) is 0 Å². The van der Waals surface area contributed by atoms with Crippen LogP contribution in [-0.2, 0) is 11.3 Å². The Morgan fingerprint density at radius 2 is 1.88 bits per heavy atom. The van der Waals surface area contributed by atoms with E-state index >= 15 is 0 Å². The van der Waals surface area contributed by atoms with E-state index in [0.29, 0.717) is 43.8 Å². The number of nitrogens with one attached hydrogen (secondary N) is 2. The highest BCUT2D eigenvalue weighted by molar-refractivity contribution is 7.99. The molecule has 2 aromatic carbocycles. The maximum absolute atomic E-state index is 12.6. The topological polar surface area (TPSA) is 88.9 Å². The Balaban J connectivity index is 1.63. The van der Waals surface area contributed by atoms with Gasteiger partial charge < -0.3 is 15.2 Å². The smallest absolute Gasteiger partial charge is 0.251 e. The first-order valence-electron chi connectivity index (χ1n) is 9.65. The lowest BCUT2D eigenvalue weighted by Gasteiger charge is -2.15. The van der Waals surface area contributed by atoms with Gasteiger partial charge in [0.25, 0.3) is 5.91 Å². The summed E-state index contributed by atoms with van der Waals surface area (Å²) in [4.78, 5) is 24.9. The average molecular weight is 513 g/mol. The van der Waals surface area contributed by atoms with Crippen LogP contribution in [0.2, 0.25) is 15.1 Å². The van der Waals surface area contributed by atoms with Crippen LogP contribution < -0.4 is 10.6 Å². The van der Waals surface area contributed by atoms with E-state index in [0.717, 1.165) is 0 Å². The zero-order valence-corrected chi connectivity index (χ0v) is 20.3. The van der Waals surface area contributed by atoms with Gasteiger partial charge in [0, 0.05) is 22.8 Å². The highest BCUT2D eigenvalue weighted by atomic mass is 35.5. The normalized spacial score (nSPS) is 11.8. The lowest BCUT2D eigenvalue weighted by Crippen LogP contribution is -2.28. The molecule has 168 valence electrons. The van der Waals surface area contributed by atoms with E-state index in [1.807, 2.05) is 18.4 Å². The van der Waals surface area contributed by atoms with Crippen molar-refractivity contribution in [2.45, 2.75) is 31.6 Å². The maximum atomic E-state index is 12.6. The van der Waals surface area contributed by atoms with Gasteiger partial charge >= 0.3 is 0 Å². The number of carbonyl (C=O) groups excluding carboxylic acids is 2. The van der Waals surface area contributed by atoms with Crippen molar-refractivity contribution >= 4 is 64.1 Å². The summed E-state index contributed by atoms with van der Waals surface area (Å²) in [5.74, 6) is 0.232. The van der Waals surface area contributed by atoms with Gasteiger partial charge in [-0.2, -0.15) is 0 Å². The van der Waals surface area contributed by atoms with Crippen molar-refractivity contribution < 1.29 is 9.59 Å². The molecule has 0 saturated carbocycles. The summed E-state index contributed by atoms with van der Waals surface area (Å²) >= 11 is 19.1. The first-order valence-corrected chi connectivity index (χ1v) is 11.8. The molecule has 0 aliphatic carbocycles. The average Bonchev–Trinajstić information content (AvgIpc) is 3.17. The summed E-state index contributed by atoms with van der Waals surface area (Å²) in [5.41, 5.74) is 1.01. The first kappa shape index (κ1) is 24.4. The molecule has 11 heteroatoms. The Morgan fingerprint density at radius 1 is 1.09 bits per heavy atom. The molecule has 1 aromatic heterocycles. The number of rotatable bonds is 8. The van der Waals surface area contributed by atoms with Crippen molar-refractivity contribution in [2.75, 3.05) is 11.1 Å². The predicted molar refractivity (Wildman–Crippen MR) is 129 cm³/mol. The van der Waals surface area contributed by atoms with Crippen LogP contribution in [0.15, 0.2) is 47.6 Å². The molecular weight excluding hydrogens is 493 g/mol. The largest absolute Gasteiger partial charge is 0.342 e. The van der Waals surface area contributed by atoms with Gasteiger partial charge in [-0.05, 0) is 50.2 Å². The number of anilines is 1. The van der Waals surface area contributed by atoms with E-state index in [9.17, 15) is 9.59 Å². The minimum absolute atomic E-state index is 0.147. The Hall–Kier alpha value is -2.26. The van der Waals surface area contributed by atoms with E-state index in [1.54, 1.807) is 36.4 Å². The van der Waals surface area contributed by atoms with E-state index in [2.05, 4.69) is 20.8 Å². The van der Waals surface area contributed by atoms with E-state index in [4.69, 9.17) is 34.8 Å². The molecule has 0 radical (unpaired) electrons. The molecule has 0 unspecified atom stereocenters. The summed E-state index contributed by atoms with van der Waals surface area (Å²) in [6.07, 6.45) is 0. The highest BCUT2D eigenvalue weighted by Gasteiger charge is 2.20. The SMILES string of the molecule is CCn1c(SCC(=O)Nc2cccc(Cl)c2)nnc1[C@H](C)NC(=O)c1ccc(Cl)c(Cl)c1. The number of benzene rings is 2. The second-order valence-electron chi connectivity index (χ2n) is 6.76. The van der Waals surface area contributed by atoms with Gasteiger partial charge in [-0.3, -0.25) is 9.59 Å². The molecule has 2 amide bonds. The zero-order chi connectivity index (χ0) is 23.3. The number of amides is 2. The van der Waals surface area contributed by atoms with Gasteiger partial charge in [0.1, 0.15) is 0 Å². The van der Waals surface area contributed by atoms with Gasteiger partial charge in [-0.15, -0.1) is 10.2 Å². The fourth-order valence-electron chi connectivity index (χ4n) is 2.90. The van der Waals surface area contributed by atoms with Crippen LogP contribution >= 0.6 is 46.6 Å². The zero-order valence-electron chi connectivity index (χ0n) is 17.2. The van der Waals surface area contributed by atoms with Crippen LogP contribution in [0.4, 0.5) is 5.69 Å². The van der Waals surface area contributed by atoms with Crippen LogP contribution in [0.1, 0.15) is 36.1 Å². The third kappa shape index (κ3) is 6.16. The third-order valence-electron chi connectivity index (χ3n) is 4.42. The molecule has 0 spiro atoms. The summed E-state index contributed by atoms with van der Waals surface area (Å²) < 4.78 is 1.86. The minimum Gasteiger partial charge on any atom is -0.342 e. The molecule has 0 saturated heterocycles. The van der Waals surface area contributed by atoms with E-state index < -0.39 is 6.04 Å². The molecule has 32 heavy (non-hydrogen) atoms. The number of carbonyl (C=O) groups is 2. The fraction of sp³-hybridized carbons (Fsp3) is 0.238. The molecule has 0 aliphatic rings. The highest BCUT2D eigenvalue weighted by Crippen LogP contribution is 2.24. The summed E-state index contributed by atoms with van der Waals surface area (Å²) in [7, 11) is 0. The van der Waals surface area contributed by atoms with Crippen molar-refractivity contribution in [1.82, 2.24) is 20.1 Å².